The molecule has 0 aromatic heterocycles. The predicted molar refractivity (Wildman–Crippen MR) is 159 cm³/mol. The van der Waals surface area contributed by atoms with Gasteiger partial charge >= 0.3 is 0 Å². The molecular formula is C30H36ClN3O5S. The largest absolute Gasteiger partial charge is 0.495 e. The zero-order chi connectivity index (χ0) is 29.5. The van der Waals surface area contributed by atoms with Crippen molar-refractivity contribution >= 4 is 39.1 Å². The van der Waals surface area contributed by atoms with Gasteiger partial charge in [-0.25, -0.2) is 8.42 Å². The maximum atomic E-state index is 14.1. The summed E-state index contributed by atoms with van der Waals surface area (Å²) in [5.74, 6) is -0.607. The van der Waals surface area contributed by atoms with Gasteiger partial charge in [-0.15, -0.1) is 0 Å². The molecule has 0 spiro atoms. The predicted octanol–water partition coefficient (Wildman–Crippen LogP) is 4.67. The van der Waals surface area contributed by atoms with Crippen molar-refractivity contribution in [1.29, 1.82) is 0 Å². The van der Waals surface area contributed by atoms with E-state index < -0.39 is 34.1 Å². The van der Waals surface area contributed by atoms with Crippen LogP contribution in [0.2, 0.25) is 5.02 Å². The van der Waals surface area contributed by atoms with Crippen LogP contribution in [0.4, 0.5) is 5.69 Å². The Morgan fingerprint density at radius 1 is 0.950 bits per heavy atom. The van der Waals surface area contributed by atoms with E-state index in [2.05, 4.69) is 5.32 Å². The van der Waals surface area contributed by atoms with E-state index in [0.717, 1.165) is 16.1 Å². The number of amides is 2. The van der Waals surface area contributed by atoms with E-state index in [-0.39, 0.29) is 24.6 Å². The molecule has 1 unspecified atom stereocenters. The third-order valence-electron chi connectivity index (χ3n) is 6.04. The van der Waals surface area contributed by atoms with Crippen LogP contribution >= 0.6 is 11.6 Å². The summed E-state index contributed by atoms with van der Waals surface area (Å²) in [5, 5.41) is 3.48. The van der Waals surface area contributed by atoms with Crippen LogP contribution in [0.3, 0.4) is 0 Å². The van der Waals surface area contributed by atoms with Crippen molar-refractivity contribution in [2.75, 3.05) is 24.2 Å². The number of ether oxygens (including phenoxy) is 1. The van der Waals surface area contributed by atoms with Gasteiger partial charge in [-0.3, -0.25) is 13.9 Å². The lowest BCUT2D eigenvalue weighted by atomic mass is 10.0. The molecule has 214 valence electrons. The third kappa shape index (κ3) is 8.72. The lowest BCUT2D eigenvalue weighted by Gasteiger charge is -2.35. The fraction of sp³-hybridized carbons (Fsp3) is 0.333. The number of nitrogens with zero attached hydrogens (tertiary/aromatic N) is 2. The summed E-state index contributed by atoms with van der Waals surface area (Å²) >= 11 is 6.24. The van der Waals surface area contributed by atoms with Gasteiger partial charge in [0.2, 0.25) is 21.8 Å². The first kappa shape index (κ1) is 31.0. The fourth-order valence-corrected chi connectivity index (χ4v) is 5.34. The summed E-state index contributed by atoms with van der Waals surface area (Å²) in [5.41, 5.74) is 1.21. The van der Waals surface area contributed by atoms with Gasteiger partial charge in [-0.1, -0.05) is 66.2 Å². The summed E-state index contributed by atoms with van der Waals surface area (Å²) in [6.07, 6.45) is 1.25. The molecule has 0 heterocycles. The Kier molecular flexibility index (Phi) is 10.2. The van der Waals surface area contributed by atoms with Crippen LogP contribution in [0.15, 0.2) is 78.9 Å². The molecule has 0 radical (unpaired) electrons. The molecule has 3 rings (SSSR count). The monoisotopic (exact) mass is 585 g/mol. The molecule has 8 nitrogen and oxygen atoms in total. The van der Waals surface area contributed by atoms with E-state index in [9.17, 15) is 18.0 Å². The van der Waals surface area contributed by atoms with Gasteiger partial charge in [0.1, 0.15) is 18.3 Å². The Hall–Kier alpha value is -3.56. The first-order valence-corrected chi connectivity index (χ1v) is 15.0. The van der Waals surface area contributed by atoms with Gasteiger partial charge in [0.25, 0.3) is 0 Å². The van der Waals surface area contributed by atoms with Gasteiger partial charge in [-0.05, 0) is 56.2 Å². The smallest absolute Gasteiger partial charge is 0.244 e. The highest BCUT2D eigenvalue weighted by atomic mass is 35.5. The summed E-state index contributed by atoms with van der Waals surface area (Å²) < 4.78 is 32.3. The van der Waals surface area contributed by atoms with Crippen LogP contribution < -0.4 is 14.4 Å². The minimum atomic E-state index is -3.91. The van der Waals surface area contributed by atoms with Gasteiger partial charge in [-0.2, -0.15) is 0 Å². The molecule has 2 amide bonds. The molecule has 40 heavy (non-hydrogen) atoms. The number of methoxy groups -OCH3 is 1. The molecule has 1 atom stereocenters. The van der Waals surface area contributed by atoms with Gasteiger partial charge in [0.05, 0.1) is 19.1 Å². The minimum Gasteiger partial charge on any atom is -0.495 e. The molecule has 0 bridgehead atoms. The summed E-state index contributed by atoms with van der Waals surface area (Å²) in [7, 11) is -2.48. The number of benzene rings is 3. The van der Waals surface area contributed by atoms with Crippen LogP contribution in [0.1, 0.15) is 31.9 Å². The molecule has 0 saturated carbocycles. The molecule has 0 aliphatic carbocycles. The van der Waals surface area contributed by atoms with E-state index in [1.54, 1.807) is 42.5 Å². The number of sulfonamides is 1. The number of anilines is 1. The Morgan fingerprint density at radius 2 is 1.57 bits per heavy atom. The summed E-state index contributed by atoms with van der Waals surface area (Å²) in [6, 6.07) is 22.0. The van der Waals surface area contributed by atoms with E-state index in [0.29, 0.717) is 16.3 Å². The standard InChI is InChI=1S/C30H36ClN3O5S/c1-30(2,3)32-29(36)26(19-22-12-7-6-8-13-22)33(20-23-14-11-15-24(31)18-23)28(35)21-34(40(5,37)38)25-16-9-10-17-27(25)39-4/h6-18,26H,19-21H2,1-5H3,(H,32,36). The number of hydrogen-bond donors (Lipinski definition) is 1. The first-order valence-electron chi connectivity index (χ1n) is 12.8. The van der Waals surface area contributed by atoms with Gasteiger partial charge < -0.3 is 15.0 Å². The highest BCUT2D eigenvalue weighted by molar-refractivity contribution is 7.92. The van der Waals surface area contributed by atoms with Gasteiger partial charge in [0, 0.05) is 23.5 Å². The number of hydrogen-bond acceptors (Lipinski definition) is 5. The Morgan fingerprint density at radius 3 is 2.17 bits per heavy atom. The SMILES string of the molecule is COc1ccccc1N(CC(=O)N(Cc1cccc(Cl)c1)C(Cc1ccccc1)C(=O)NC(C)(C)C)S(C)(=O)=O. The Balaban J connectivity index is 2.10. The molecule has 0 saturated heterocycles. The number of halogens is 1. The second-order valence-corrected chi connectivity index (χ2v) is 12.9. The van der Waals surface area contributed by atoms with Crippen molar-refractivity contribution in [3.8, 4) is 5.75 Å². The third-order valence-corrected chi connectivity index (χ3v) is 7.41. The number of para-hydroxylation sites is 2. The second kappa shape index (κ2) is 13.2. The van der Waals surface area contributed by atoms with Crippen molar-refractivity contribution in [2.45, 2.75) is 45.3 Å². The molecule has 3 aromatic carbocycles. The maximum Gasteiger partial charge on any atom is 0.244 e. The van der Waals surface area contributed by atoms with Crippen molar-refractivity contribution in [1.82, 2.24) is 10.2 Å². The fourth-order valence-electron chi connectivity index (χ4n) is 4.27. The molecular weight excluding hydrogens is 550 g/mol. The highest BCUT2D eigenvalue weighted by Crippen LogP contribution is 2.30. The number of carbonyl (C=O) groups excluding carboxylic acids is 2. The Labute approximate surface area is 241 Å². The molecule has 0 aliphatic heterocycles. The zero-order valence-corrected chi connectivity index (χ0v) is 25.0. The highest BCUT2D eigenvalue weighted by Gasteiger charge is 2.34. The summed E-state index contributed by atoms with van der Waals surface area (Å²) in [4.78, 5) is 29.3. The molecule has 1 N–H and O–H groups in total. The summed E-state index contributed by atoms with van der Waals surface area (Å²) in [6.45, 7) is 5.09. The number of carbonyl (C=O) groups is 2. The Bertz CT molecular complexity index is 1420. The van der Waals surface area contributed by atoms with Gasteiger partial charge in [0.15, 0.2) is 0 Å². The van der Waals surface area contributed by atoms with Crippen LogP contribution in [0, 0.1) is 0 Å². The minimum absolute atomic E-state index is 0.0397. The normalized spacial score (nSPS) is 12.3. The molecule has 3 aromatic rings. The van der Waals surface area contributed by atoms with E-state index >= 15 is 0 Å². The lowest BCUT2D eigenvalue weighted by Crippen LogP contribution is -2.56. The van der Waals surface area contributed by atoms with Crippen molar-refractivity contribution in [3.63, 3.8) is 0 Å². The number of rotatable bonds is 11. The average Bonchev–Trinajstić information content (AvgIpc) is 2.88. The second-order valence-electron chi connectivity index (χ2n) is 10.5. The zero-order valence-electron chi connectivity index (χ0n) is 23.4. The van der Waals surface area contributed by atoms with Crippen molar-refractivity contribution in [2.24, 2.45) is 0 Å². The van der Waals surface area contributed by atoms with Crippen LogP contribution in [0.5, 0.6) is 5.75 Å². The van der Waals surface area contributed by atoms with Crippen LogP contribution in [-0.4, -0.2) is 56.6 Å². The van der Waals surface area contributed by atoms with Crippen molar-refractivity contribution in [3.05, 3.63) is 95.0 Å². The topological polar surface area (TPSA) is 96.0 Å². The van der Waals surface area contributed by atoms with Crippen LogP contribution in [-0.2, 0) is 32.6 Å². The van der Waals surface area contributed by atoms with E-state index in [1.165, 1.54) is 12.0 Å². The van der Waals surface area contributed by atoms with Crippen LogP contribution in [0.25, 0.3) is 0 Å². The lowest BCUT2D eigenvalue weighted by molar-refractivity contribution is -0.140. The molecule has 0 fully saturated rings. The average molecular weight is 586 g/mol. The maximum absolute atomic E-state index is 14.1. The van der Waals surface area contributed by atoms with Crippen molar-refractivity contribution < 1.29 is 22.7 Å². The first-order chi connectivity index (χ1) is 18.8. The molecule has 10 heteroatoms. The quantitative estimate of drug-likeness (QED) is 0.353. The molecule has 0 aliphatic rings. The van der Waals surface area contributed by atoms with E-state index in [4.69, 9.17) is 16.3 Å². The number of nitrogens with one attached hydrogen (secondary N) is 1. The van der Waals surface area contributed by atoms with E-state index in [1.807, 2.05) is 57.2 Å².